The lowest BCUT2D eigenvalue weighted by Gasteiger charge is -2.32. The molecule has 0 aromatic carbocycles. The highest BCUT2D eigenvalue weighted by molar-refractivity contribution is 5.85. The summed E-state index contributed by atoms with van der Waals surface area (Å²) in [6, 6.07) is 0. The smallest absolute Gasteiger partial charge is 0.0718 e. The van der Waals surface area contributed by atoms with Crippen molar-refractivity contribution in [2.24, 2.45) is 0 Å². The second kappa shape index (κ2) is 5.02. The fourth-order valence-corrected chi connectivity index (χ4v) is 1.42. The van der Waals surface area contributed by atoms with Gasteiger partial charge in [-0.3, -0.25) is 4.90 Å². The average molecular weight is 195 g/mol. The van der Waals surface area contributed by atoms with E-state index in [1.165, 1.54) is 0 Å². The summed E-state index contributed by atoms with van der Waals surface area (Å²) in [4.78, 5) is 2.29. The van der Waals surface area contributed by atoms with E-state index in [1.807, 2.05) is 13.8 Å². The summed E-state index contributed by atoms with van der Waals surface area (Å²) in [5, 5.41) is 12.8. The molecule has 0 aliphatic carbocycles. The molecule has 0 spiro atoms. The van der Waals surface area contributed by atoms with E-state index in [4.69, 9.17) is 0 Å². The Morgan fingerprint density at radius 1 is 1.33 bits per heavy atom. The molecule has 3 nitrogen and oxygen atoms in total. The van der Waals surface area contributed by atoms with Crippen LogP contribution in [0.5, 0.6) is 0 Å². The van der Waals surface area contributed by atoms with Crippen LogP contribution >= 0.6 is 12.4 Å². The van der Waals surface area contributed by atoms with Crippen molar-refractivity contribution in [3.63, 3.8) is 0 Å². The summed E-state index contributed by atoms with van der Waals surface area (Å²) in [5.74, 6) is 0. The van der Waals surface area contributed by atoms with Crippen LogP contribution in [-0.2, 0) is 0 Å². The van der Waals surface area contributed by atoms with Crippen LogP contribution < -0.4 is 5.32 Å². The van der Waals surface area contributed by atoms with Gasteiger partial charge in [0.1, 0.15) is 0 Å². The van der Waals surface area contributed by atoms with Crippen LogP contribution in [0.25, 0.3) is 0 Å². The number of aliphatic hydroxyl groups is 1. The summed E-state index contributed by atoms with van der Waals surface area (Å²) < 4.78 is 0. The summed E-state index contributed by atoms with van der Waals surface area (Å²) >= 11 is 0. The van der Waals surface area contributed by atoms with Gasteiger partial charge in [-0.1, -0.05) is 0 Å². The Morgan fingerprint density at radius 3 is 2.25 bits per heavy atom. The summed E-state index contributed by atoms with van der Waals surface area (Å²) in [5.41, 5.74) is -0.544. The van der Waals surface area contributed by atoms with E-state index in [2.05, 4.69) is 10.2 Å². The largest absolute Gasteiger partial charge is 0.389 e. The molecular formula is C8H19ClN2O. The Bertz CT molecular complexity index is 119. The van der Waals surface area contributed by atoms with Gasteiger partial charge < -0.3 is 10.4 Å². The first kappa shape index (κ1) is 12.2. The average Bonchev–Trinajstić information content (AvgIpc) is 1.85. The van der Waals surface area contributed by atoms with Gasteiger partial charge in [0.15, 0.2) is 0 Å². The van der Waals surface area contributed by atoms with E-state index in [0.29, 0.717) is 0 Å². The maximum Gasteiger partial charge on any atom is 0.0718 e. The Balaban J connectivity index is 0.00000121. The van der Waals surface area contributed by atoms with Crippen LogP contribution in [0.15, 0.2) is 0 Å². The van der Waals surface area contributed by atoms with Gasteiger partial charge >= 0.3 is 0 Å². The fraction of sp³-hybridized carbons (Fsp3) is 1.00. The lowest BCUT2D eigenvalue weighted by molar-refractivity contribution is 0.0325. The molecule has 1 rings (SSSR count). The van der Waals surface area contributed by atoms with Crippen molar-refractivity contribution in [1.82, 2.24) is 10.2 Å². The molecule has 1 aliphatic rings. The third-order valence-electron chi connectivity index (χ3n) is 1.82. The van der Waals surface area contributed by atoms with Crippen molar-refractivity contribution in [3.05, 3.63) is 0 Å². The molecule has 0 unspecified atom stereocenters. The molecule has 1 fully saturated rings. The number of β-amino-alcohol motifs (C(OH)–C–C–N with tert-alkyl or cyclic N) is 1. The predicted molar refractivity (Wildman–Crippen MR) is 52.9 cm³/mol. The Morgan fingerprint density at radius 2 is 1.83 bits per heavy atom. The zero-order chi connectivity index (χ0) is 8.32. The predicted octanol–water partition coefficient (Wildman–Crippen LogP) is 0.0843. The molecule has 2 N–H and O–H groups in total. The van der Waals surface area contributed by atoms with Crippen molar-refractivity contribution in [2.75, 3.05) is 32.7 Å². The number of piperazine rings is 1. The normalized spacial score (nSPS) is 20.2. The van der Waals surface area contributed by atoms with Crippen LogP contribution in [0.4, 0.5) is 0 Å². The van der Waals surface area contributed by atoms with E-state index in [9.17, 15) is 5.11 Å². The SMILES string of the molecule is CC(C)(O)CN1CCNCC1.Cl. The highest BCUT2D eigenvalue weighted by atomic mass is 35.5. The number of halogens is 1. The zero-order valence-corrected chi connectivity index (χ0v) is 8.65. The van der Waals surface area contributed by atoms with Gasteiger partial charge in [-0.15, -0.1) is 12.4 Å². The molecule has 1 heterocycles. The van der Waals surface area contributed by atoms with Gasteiger partial charge in [-0.25, -0.2) is 0 Å². The summed E-state index contributed by atoms with van der Waals surface area (Å²) in [7, 11) is 0. The standard InChI is InChI=1S/C8H18N2O.ClH/c1-8(2,11)7-10-5-3-9-4-6-10;/h9,11H,3-7H2,1-2H3;1H. The third kappa shape index (κ3) is 4.93. The molecule has 4 heteroatoms. The molecule has 0 atom stereocenters. The Labute approximate surface area is 80.5 Å². The van der Waals surface area contributed by atoms with Crippen LogP contribution in [0.1, 0.15) is 13.8 Å². The van der Waals surface area contributed by atoms with Crippen LogP contribution in [0.3, 0.4) is 0 Å². The molecule has 1 aliphatic heterocycles. The van der Waals surface area contributed by atoms with Crippen molar-refractivity contribution in [3.8, 4) is 0 Å². The van der Waals surface area contributed by atoms with Crippen molar-refractivity contribution >= 4 is 12.4 Å². The molecular weight excluding hydrogens is 176 g/mol. The Kier molecular flexibility index (Phi) is 5.09. The molecule has 0 aromatic rings. The van der Waals surface area contributed by atoms with Gasteiger partial charge in [0, 0.05) is 32.7 Å². The monoisotopic (exact) mass is 194 g/mol. The maximum atomic E-state index is 9.51. The number of nitrogens with zero attached hydrogens (tertiary/aromatic N) is 1. The number of rotatable bonds is 2. The molecule has 0 aromatic heterocycles. The highest BCUT2D eigenvalue weighted by Crippen LogP contribution is 2.04. The molecule has 12 heavy (non-hydrogen) atoms. The van der Waals surface area contributed by atoms with Gasteiger partial charge in [-0.05, 0) is 13.8 Å². The highest BCUT2D eigenvalue weighted by Gasteiger charge is 2.18. The Hall–Kier alpha value is 0.170. The minimum Gasteiger partial charge on any atom is -0.389 e. The first-order valence-electron chi connectivity index (χ1n) is 4.23. The van der Waals surface area contributed by atoms with Gasteiger partial charge in [-0.2, -0.15) is 0 Å². The fourth-order valence-electron chi connectivity index (χ4n) is 1.42. The maximum absolute atomic E-state index is 9.51. The molecule has 1 saturated heterocycles. The molecule has 0 saturated carbocycles. The topological polar surface area (TPSA) is 35.5 Å². The van der Waals surface area contributed by atoms with Gasteiger partial charge in [0.2, 0.25) is 0 Å². The molecule has 74 valence electrons. The summed E-state index contributed by atoms with van der Waals surface area (Å²) in [6.45, 7) is 8.72. The minimum atomic E-state index is -0.544. The molecule has 0 radical (unpaired) electrons. The minimum absolute atomic E-state index is 0. The number of hydrogen-bond acceptors (Lipinski definition) is 3. The van der Waals surface area contributed by atoms with E-state index in [1.54, 1.807) is 0 Å². The number of nitrogens with one attached hydrogen (secondary N) is 1. The van der Waals surface area contributed by atoms with Gasteiger partial charge in [0.05, 0.1) is 5.60 Å². The van der Waals surface area contributed by atoms with Crippen LogP contribution in [0.2, 0.25) is 0 Å². The zero-order valence-electron chi connectivity index (χ0n) is 7.84. The first-order chi connectivity index (χ1) is 5.08. The van der Waals surface area contributed by atoms with Crippen LogP contribution in [0, 0.1) is 0 Å². The second-order valence-electron chi connectivity index (χ2n) is 3.84. The van der Waals surface area contributed by atoms with E-state index in [0.717, 1.165) is 32.7 Å². The van der Waals surface area contributed by atoms with E-state index in [-0.39, 0.29) is 12.4 Å². The van der Waals surface area contributed by atoms with Gasteiger partial charge in [0.25, 0.3) is 0 Å². The quantitative estimate of drug-likeness (QED) is 0.654. The van der Waals surface area contributed by atoms with E-state index >= 15 is 0 Å². The van der Waals surface area contributed by atoms with Crippen LogP contribution in [-0.4, -0.2) is 48.3 Å². The third-order valence-corrected chi connectivity index (χ3v) is 1.82. The first-order valence-corrected chi connectivity index (χ1v) is 4.23. The lowest BCUT2D eigenvalue weighted by atomic mass is 10.1. The summed E-state index contributed by atoms with van der Waals surface area (Å²) in [6.07, 6.45) is 0. The number of hydrogen-bond donors (Lipinski definition) is 2. The molecule has 0 amide bonds. The van der Waals surface area contributed by atoms with Crippen molar-refractivity contribution < 1.29 is 5.11 Å². The molecule has 0 bridgehead atoms. The van der Waals surface area contributed by atoms with E-state index < -0.39 is 5.60 Å². The van der Waals surface area contributed by atoms with Crippen molar-refractivity contribution in [2.45, 2.75) is 19.4 Å². The second-order valence-corrected chi connectivity index (χ2v) is 3.84. The lowest BCUT2D eigenvalue weighted by Crippen LogP contribution is -2.48. The van der Waals surface area contributed by atoms with Crippen molar-refractivity contribution in [1.29, 1.82) is 0 Å².